The van der Waals surface area contributed by atoms with Gasteiger partial charge in [0.25, 0.3) is 0 Å². The Bertz CT molecular complexity index is 502. The maximum atomic E-state index is 3.81. The number of hydrogen-bond donors (Lipinski definition) is 1. The first-order chi connectivity index (χ1) is 10.1. The summed E-state index contributed by atoms with van der Waals surface area (Å²) in [6.45, 7) is 7.93. The third-order valence-corrected chi connectivity index (χ3v) is 5.26. The van der Waals surface area contributed by atoms with Gasteiger partial charge in [0.1, 0.15) is 0 Å². The largest absolute Gasteiger partial charge is 0.309 e. The van der Waals surface area contributed by atoms with Crippen LogP contribution < -0.4 is 5.32 Å². The molecule has 0 spiro atoms. The van der Waals surface area contributed by atoms with Gasteiger partial charge in [-0.15, -0.1) is 11.3 Å². The maximum absolute atomic E-state index is 3.81. The van der Waals surface area contributed by atoms with Crippen LogP contribution in [-0.4, -0.2) is 6.54 Å². The van der Waals surface area contributed by atoms with Gasteiger partial charge in [-0.1, -0.05) is 70.0 Å². The third kappa shape index (κ3) is 4.69. The number of hydrogen-bond acceptors (Lipinski definition) is 2. The molecule has 114 valence electrons. The van der Waals surface area contributed by atoms with Crippen LogP contribution in [0.3, 0.4) is 0 Å². The van der Waals surface area contributed by atoms with E-state index in [0.29, 0.717) is 6.04 Å². The van der Waals surface area contributed by atoms with Crippen LogP contribution in [0.15, 0.2) is 47.8 Å². The normalized spacial score (nSPS) is 13.3. The Kier molecular flexibility index (Phi) is 6.01. The minimum atomic E-state index is 0.188. The van der Waals surface area contributed by atoms with Crippen molar-refractivity contribution in [3.63, 3.8) is 0 Å². The summed E-state index contributed by atoms with van der Waals surface area (Å²) in [6.07, 6.45) is 3.73. The molecule has 1 nitrogen and oxygen atoms in total. The second-order valence-corrected chi connectivity index (χ2v) is 7.30. The number of unbranched alkanes of at least 4 members (excludes halogenated alkanes) is 1. The van der Waals surface area contributed by atoms with Crippen LogP contribution >= 0.6 is 11.3 Å². The molecule has 1 N–H and O–H groups in total. The molecule has 21 heavy (non-hydrogen) atoms. The number of thiophene rings is 1. The molecule has 0 fully saturated rings. The fourth-order valence-corrected chi connectivity index (χ4v) is 3.46. The quantitative estimate of drug-likeness (QED) is 0.674. The fourth-order valence-electron chi connectivity index (χ4n) is 2.61. The van der Waals surface area contributed by atoms with Crippen LogP contribution in [0.1, 0.15) is 56.5 Å². The molecule has 0 radical (unpaired) electrons. The van der Waals surface area contributed by atoms with Crippen LogP contribution in [0.4, 0.5) is 0 Å². The van der Waals surface area contributed by atoms with Gasteiger partial charge >= 0.3 is 0 Å². The highest BCUT2D eigenvalue weighted by molar-refractivity contribution is 7.10. The maximum Gasteiger partial charge on any atom is 0.0320 e. The Hall–Kier alpha value is -1.12. The zero-order chi connectivity index (χ0) is 15.1. The SMILES string of the molecule is CCCCC(NCC(C)(C)c1cccs1)c1ccccc1. The molecular formula is C19H27NS. The summed E-state index contributed by atoms with van der Waals surface area (Å²) in [5, 5.41) is 5.98. The molecule has 1 atom stereocenters. The molecule has 0 saturated carbocycles. The number of nitrogens with one attached hydrogen (secondary N) is 1. The van der Waals surface area contributed by atoms with Crippen molar-refractivity contribution in [2.45, 2.75) is 51.5 Å². The predicted molar refractivity (Wildman–Crippen MR) is 94.1 cm³/mol. The molecule has 2 heteroatoms. The van der Waals surface area contributed by atoms with Gasteiger partial charge in [0, 0.05) is 22.9 Å². The van der Waals surface area contributed by atoms with Crippen molar-refractivity contribution in [3.05, 3.63) is 58.3 Å². The molecule has 2 aromatic rings. The highest BCUT2D eigenvalue weighted by Gasteiger charge is 2.23. The lowest BCUT2D eigenvalue weighted by Crippen LogP contribution is -2.34. The molecule has 1 aromatic carbocycles. The summed E-state index contributed by atoms with van der Waals surface area (Å²) < 4.78 is 0. The molecule has 0 aliphatic carbocycles. The average Bonchev–Trinajstić information content (AvgIpc) is 3.03. The summed E-state index contributed by atoms with van der Waals surface area (Å²) in [6, 6.07) is 15.7. The Morgan fingerprint density at radius 2 is 1.86 bits per heavy atom. The van der Waals surface area contributed by atoms with E-state index in [4.69, 9.17) is 0 Å². The minimum absolute atomic E-state index is 0.188. The number of benzene rings is 1. The zero-order valence-electron chi connectivity index (χ0n) is 13.4. The standard InChI is InChI=1S/C19H27NS/c1-4-5-12-17(16-10-7-6-8-11-16)20-15-19(2,3)18-13-9-14-21-18/h6-11,13-14,17,20H,4-5,12,15H2,1-3H3. The Morgan fingerprint density at radius 3 is 2.48 bits per heavy atom. The summed E-state index contributed by atoms with van der Waals surface area (Å²) in [5.74, 6) is 0. The van der Waals surface area contributed by atoms with E-state index in [1.807, 2.05) is 11.3 Å². The van der Waals surface area contributed by atoms with E-state index in [-0.39, 0.29) is 5.41 Å². The predicted octanol–water partition coefficient (Wildman–Crippen LogP) is 5.55. The van der Waals surface area contributed by atoms with Crippen molar-refractivity contribution >= 4 is 11.3 Å². The van der Waals surface area contributed by atoms with Crippen LogP contribution in [0.2, 0.25) is 0 Å². The average molecular weight is 301 g/mol. The van der Waals surface area contributed by atoms with Gasteiger partial charge in [-0.05, 0) is 23.4 Å². The summed E-state index contributed by atoms with van der Waals surface area (Å²) in [5.41, 5.74) is 1.60. The lowest BCUT2D eigenvalue weighted by Gasteiger charge is -2.28. The van der Waals surface area contributed by atoms with Crippen molar-refractivity contribution < 1.29 is 0 Å². The Morgan fingerprint density at radius 1 is 1.10 bits per heavy atom. The molecule has 0 bridgehead atoms. The minimum Gasteiger partial charge on any atom is -0.309 e. The summed E-state index contributed by atoms with van der Waals surface area (Å²) >= 11 is 1.86. The van der Waals surface area contributed by atoms with E-state index in [2.05, 4.69) is 73.9 Å². The molecule has 1 heterocycles. The van der Waals surface area contributed by atoms with Gasteiger partial charge in [0.2, 0.25) is 0 Å². The molecule has 0 aliphatic heterocycles. The molecule has 0 saturated heterocycles. The summed E-state index contributed by atoms with van der Waals surface area (Å²) in [7, 11) is 0. The van der Waals surface area contributed by atoms with E-state index >= 15 is 0 Å². The molecule has 0 aliphatic rings. The van der Waals surface area contributed by atoms with Crippen molar-refractivity contribution in [2.75, 3.05) is 6.54 Å². The Balaban J connectivity index is 2.02. The smallest absolute Gasteiger partial charge is 0.0320 e. The third-order valence-electron chi connectivity index (χ3n) is 4.03. The first kappa shape index (κ1) is 16.3. The van der Waals surface area contributed by atoms with Crippen molar-refractivity contribution in [1.82, 2.24) is 5.32 Å². The lowest BCUT2D eigenvalue weighted by molar-refractivity contribution is 0.407. The van der Waals surface area contributed by atoms with E-state index < -0.39 is 0 Å². The van der Waals surface area contributed by atoms with Crippen LogP contribution in [-0.2, 0) is 5.41 Å². The molecule has 0 amide bonds. The van der Waals surface area contributed by atoms with Gasteiger partial charge in [0.05, 0.1) is 0 Å². The summed E-state index contributed by atoms with van der Waals surface area (Å²) in [4.78, 5) is 1.46. The van der Waals surface area contributed by atoms with Crippen molar-refractivity contribution in [3.8, 4) is 0 Å². The van der Waals surface area contributed by atoms with Crippen LogP contribution in [0, 0.1) is 0 Å². The first-order valence-corrected chi connectivity index (χ1v) is 8.84. The highest BCUT2D eigenvalue weighted by Crippen LogP contribution is 2.28. The zero-order valence-corrected chi connectivity index (χ0v) is 14.2. The number of rotatable bonds is 8. The molecule has 1 unspecified atom stereocenters. The molecule has 2 rings (SSSR count). The van der Waals surface area contributed by atoms with Gasteiger partial charge in [-0.3, -0.25) is 0 Å². The van der Waals surface area contributed by atoms with E-state index in [1.54, 1.807) is 0 Å². The monoisotopic (exact) mass is 301 g/mol. The first-order valence-electron chi connectivity index (χ1n) is 7.96. The van der Waals surface area contributed by atoms with E-state index in [0.717, 1.165) is 6.54 Å². The van der Waals surface area contributed by atoms with Crippen molar-refractivity contribution in [1.29, 1.82) is 0 Å². The second-order valence-electron chi connectivity index (χ2n) is 6.35. The highest BCUT2D eigenvalue weighted by atomic mass is 32.1. The van der Waals surface area contributed by atoms with E-state index in [9.17, 15) is 0 Å². The fraction of sp³-hybridized carbons (Fsp3) is 0.474. The molecule has 1 aromatic heterocycles. The van der Waals surface area contributed by atoms with Gasteiger partial charge in [-0.2, -0.15) is 0 Å². The lowest BCUT2D eigenvalue weighted by atomic mass is 9.90. The van der Waals surface area contributed by atoms with Gasteiger partial charge in [-0.25, -0.2) is 0 Å². The van der Waals surface area contributed by atoms with E-state index in [1.165, 1.54) is 29.7 Å². The molecular weight excluding hydrogens is 274 g/mol. The topological polar surface area (TPSA) is 12.0 Å². The van der Waals surface area contributed by atoms with Crippen LogP contribution in [0.5, 0.6) is 0 Å². The Labute approximate surface area is 133 Å². The second kappa shape index (κ2) is 7.77. The van der Waals surface area contributed by atoms with Crippen molar-refractivity contribution in [2.24, 2.45) is 0 Å². The van der Waals surface area contributed by atoms with Crippen LogP contribution in [0.25, 0.3) is 0 Å². The van der Waals surface area contributed by atoms with Gasteiger partial charge in [0.15, 0.2) is 0 Å². The van der Waals surface area contributed by atoms with Gasteiger partial charge < -0.3 is 5.32 Å².